The highest BCUT2D eigenvalue weighted by Crippen LogP contribution is 2.23. The van der Waals surface area contributed by atoms with Gasteiger partial charge < -0.3 is 10.1 Å². The molecule has 8 heteroatoms. The van der Waals surface area contributed by atoms with Crippen LogP contribution in [-0.2, 0) is 6.54 Å². The molecule has 3 aromatic rings. The van der Waals surface area contributed by atoms with Crippen LogP contribution in [0.1, 0.15) is 16.1 Å². The number of benzene rings is 1. The summed E-state index contributed by atoms with van der Waals surface area (Å²) in [4.78, 5) is 16.0. The average Bonchev–Trinajstić information content (AvgIpc) is 3.08. The van der Waals surface area contributed by atoms with E-state index in [1.54, 1.807) is 30.5 Å². The zero-order valence-electron chi connectivity index (χ0n) is 11.8. The van der Waals surface area contributed by atoms with Gasteiger partial charge in [0.1, 0.15) is 11.6 Å². The number of hydrogen-bond acceptors (Lipinski definition) is 6. The van der Waals surface area contributed by atoms with E-state index in [0.717, 1.165) is 11.7 Å². The molecule has 1 amide bonds. The van der Waals surface area contributed by atoms with Crippen molar-refractivity contribution in [3.8, 4) is 11.6 Å². The van der Waals surface area contributed by atoms with Crippen LogP contribution in [0, 0.1) is 5.82 Å². The number of nitrogens with one attached hydrogen (secondary N) is 1. The molecule has 1 aromatic carbocycles. The van der Waals surface area contributed by atoms with Crippen molar-refractivity contribution in [2.45, 2.75) is 6.54 Å². The van der Waals surface area contributed by atoms with Crippen molar-refractivity contribution >= 4 is 17.6 Å². The first kappa shape index (κ1) is 15.0. The van der Waals surface area contributed by atoms with Crippen molar-refractivity contribution in [3.63, 3.8) is 0 Å². The van der Waals surface area contributed by atoms with Crippen LogP contribution in [0.2, 0.25) is 0 Å². The molecule has 0 aliphatic heterocycles. The molecule has 0 aliphatic carbocycles. The molecule has 2 aromatic heterocycles. The van der Waals surface area contributed by atoms with E-state index < -0.39 is 5.82 Å². The van der Waals surface area contributed by atoms with Crippen molar-refractivity contribution in [1.82, 2.24) is 19.0 Å². The molecule has 23 heavy (non-hydrogen) atoms. The Morgan fingerprint density at radius 3 is 3.00 bits per heavy atom. The number of nitrogens with zero attached hydrogens (tertiary/aromatic N) is 3. The number of ether oxygens (including phenoxy) is 1. The van der Waals surface area contributed by atoms with Crippen LogP contribution < -0.4 is 10.1 Å². The SMILES string of the molecule is O=C(NCc1cccnc1Oc1cccc(F)c1)c1cnsn1. The summed E-state index contributed by atoms with van der Waals surface area (Å²) in [6, 6.07) is 9.25. The molecule has 0 fully saturated rings. The first-order valence-electron chi connectivity index (χ1n) is 6.65. The molecule has 116 valence electrons. The third kappa shape index (κ3) is 3.86. The van der Waals surface area contributed by atoms with E-state index in [1.165, 1.54) is 18.3 Å². The lowest BCUT2D eigenvalue weighted by molar-refractivity contribution is 0.0946. The monoisotopic (exact) mass is 330 g/mol. The number of pyridine rings is 1. The van der Waals surface area contributed by atoms with Gasteiger partial charge in [-0.15, -0.1) is 0 Å². The fourth-order valence-corrected chi connectivity index (χ4v) is 2.24. The second-order valence-electron chi connectivity index (χ2n) is 4.50. The molecule has 2 heterocycles. The lowest BCUT2D eigenvalue weighted by atomic mass is 10.2. The van der Waals surface area contributed by atoms with Crippen LogP contribution >= 0.6 is 11.7 Å². The van der Waals surface area contributed by atoms with Gasteiger partial charge in [0.15, 0.2) is 5.69 Å². The van der Waals surface area contributed by atoms with Gasteiger partial charge in [-0.05, 0) is 18.2 Å². The summed E-state index contributed by atoms with van der Waals surface area (Å²) in [5.41, 5.74) is 0.916. The summed E-state index contributed by atoms with van der Waals surface area (Å²) in [5, 5.41) is 2.71. The maximum absolute atomic E-state index is 13.2. The molecule has 0 aliphatic rings. The second kappa shape index (κ2) is 6.93. The number of carbonyl (C=O) groups excluding carboxylic acids is 1. The molecule has 6 nitrogen and oxygen atoms in total. The Hall–Kier alpha value is -2.87. The van der Waals surface area contributed by atoms with Gasteiger partial charge in [-0.2, -0.15) is 8.75 Å². The van der Waals surface area contributed by atoms with Gasteiger partial charge in [0.25, 0.3) is 5.91 Å². The molecular weight excluding hydrogens is 319 g/mol. The highest BCUT2D eigenvalue weighted by Gasteiger charge is 2.11. The summed E-state index contributed by atoms with van der Waals surface area (Å²) in [7, 11) is 0. The van der Waals surface area contributed by atoms with E-state index in [4.69, 9.17) is 4.74 Å². The lowest BCUT2D eigenvalue weighted by Crippen LogP contribution is -2.23. The van der Waals surface area contributed by atoms with Crippen LogP contribution in [0.4, 0.5) is 4.39 Å². The summed E-state index contributed by atoms with van der Waals surface area (Å²) in [6.07, 6.45) is 2.96. The largest absolute Gasteiger partial charge is 0.439 e. The predicted molar refractivity (Wildman–Crippen MR) is 81.8 cm³/mol. The molecule has 0 bridgehead atoms. The van der Waals surface area contributed by atoms with Crippen molar-refractivity contribution in [2.24, 2.45) is 0 Å². The van der Waals surface area contributed by atoms with Gasteiger partial charge in [-0.25, -0.2) is 9.37 Å². The Bertz CT molecular complexity index is 811. The van der Waals surface area contributed by atoms with E-state index in [9.17, 15) is 9.18 Å². The summed E-state index contributed by atoms with van der Waals surface area (Å²) in [6.45, 7) is 0.203. The number of aromatic nitrogens is 3. The third-order valence-electron chi connectivity index (χ3n) is 2.89. The van der Waals surface area contributed by atoms with Gasteiger partial charge >= 0.3 is 0 Å². The average molecular weight is 330 g/mol. The van der Waals surface area contributed by atoms with Crippen molar-refractivity contribution in [2.75, 3.05) is 0 Å². The molecule has 0 spiro atoms. The smallest absolute Gasteiger partial charge is 0.272 e. The number of carbonyl (C=O) groups is 1. The predicted octanol–water partition coefficient (Wildman–Crippen LogP) is 2.79. The number of halogens is 1. The standard InChI is InChI=1S/C15H11FN4O2S/c16-11-4-1-5-12(7-11)22-15-10(3-2-6-17-15)8-18-14(21)13-9-19-23-20-13/h1-7,9H,8H2,(H,18,21). The van der Waals surface area contributed by atoms with Crippen molar-refractivity contribution < 1.29 is 13.9 Å². The molecule has 1 N–H and O–H groups in total. The van der Waals surface area contributed by atoms with Gasteiger partial charge in [0.2, 0.25) is 5.88 Å². The van der Waals surface area contributed by atoms with Crippen LogP contribution in [-0.4, -0.2) is 19.6 Å². The van der Waals surface area contributed by atoms with Gasteiger partial charge in [0.05, 0.1) is 17.9 Å². The highest BCUT2D eigenvalue weighted by molar-refractivity contribution is 6.99. The van der Waals surface area contributed by atoms with E-state index in [0.29, 0.717) is 17.2 Å². The molecule has 0 saturated carbocycles. The Kier molecular flexibility index (Phi) is 4.53. The van der Waals surface area contributed by atoms with Crippen molar-refractivity contribution in [3.05, 3.63) is 65.9 Å². The minimum absolute atomic E-state index is 0.203. The Labute approximate surface area is 135 Å². The molecule has 0 atom stereocenters. The second-order valence-corrected chi connectivity index (χ2v) is 5.06. The number of rotatable bonds is 5. The van der Waals surface area contributed by atoms with E-state index in [1.807, 2.05) is 0 Å². The quantitative estimate of drug-likeness (QED) is 0.778. The number of hydrogen-bond donors (Lipinski definition) is 1. The molecule has 0 radical (unpaired) electrons. The Balaban J connectivity index is 1.72. The zero-order valence-corrected chi connectivity index (χ0v) is 12.6. The van der Waals surface area contributed by atoms with Crippen molar-refractivity contribution in [1.29, 1.82) is 0 Å². The van der Waals surface area contributed by atoms with Crippen LogP contribution in [0.5, 0.6) is 11.6 Å². The first-order valence-corrected chi connectivity index (χ1v) is 7.38. The molecule has 3 rings (SSSR count). The summed E-state index contributed by atoms with van der Waals surface area (Å²) in [5.74, 6) is -0.0987. The Morgan fingerprint density at radius 2 is 2.22 bits per heavy atom. The fraction of sp³-hybridized carbons (Fsp3) is 0.0667. The third-order valence-corrected chi connectivity index (χ3v) is 3.37. The summed E-state index contributed by atoms with van der Waals surface area (Å²) < 4.78 is 26.4. The lowest BCUT2D eigenvalue weighted by Gasteiger charge is -2.10. The van der Waals surface area contributed by atoms with E-state index in [-0.39, 0.29) is 18.1 Å². The highest BCUT2D eigenvalue weighted by atomic mass is 32.1. The van der Waals surface area contributed by atoms with E-state index in [2.05, 4.69) is 19.0 Å². The molecular formula is C15H11FN4O2S. The van der Waals surface area contributed by atoms with Crippen LogP contribution in [0.15, 0.2) is 48.8 Å². The van der Waals surface area contributed by atoms with Gasteiger partial charge in [-0.1, -0.05) is 12.1 Å². The maximum atomic E-state index is 13.2. The molecule has 0 unspecified atom stereocenters. The molecule has 0 saturated heterocycles. The van der Waals surface area contributed by atoms with Gasteiger partial charge in [0, 0.05) is 24.4 Å². The normalized spacial score (nSPS) is 10.3. The minimum atomic E-state index is -0.399. The maximum Gasteiger partial charge on any atom is 0.272 e. The van der Waals surface area contributed by atoms with Crippen LogP contribution in [0.3, 0.4) is 0 Å². The number of amides is 1. The Morgan fingerprint density at radius 1 is 1.30 bits per heavy atom. The fourth-order valence-electron chi connectivity index (χ4n) is 1.82. The summed E-state index contributed by atoms with van der Waals surface area (Å²) >= 11 is 0.962. The zero-order chi connectivity index (χ0) is 16.1. The van der Waals surface area contributed by atoms with Crippen LogP contribution in [0.25, 0.3) is 0 Å². The van der Waals surface area contributed by atoms with Gasteiger partial charge in [-0.3, -0.25) is 4.79 Å². The topological polar surface area (TPSA) is 77.0 Å². The minimum Gasteiger partial charge on any atom is -0.439 e. The first-order chi connectivity index (χ1) is 11.2. The van der Waals surface area contributed by atoms with E-state index >= 15 is 0 Å².